The van der Waals surface area contributed by atoms with Gasteiger partial charge < -0.3 is 9.84 Å². The number of nitrogens with one attached hydrogen (secondary N) is 2. The van der Waals surface area contributed by atoms with Crippen LogP contribution < -0.4 is 5.32 Å². The van der Waals surface area contributed by atoms with Gasteiger partial charge in [0.05, 0.1) is 0 Å². The first-order chi connectivity index (χ1) is 10.8. The summed E-state index contributed by atoms with van der Waals surface area (Å²) >= 11 is 0. The lowest BCUT2D eigenvalue weighted by molar-refractivity contribution is 0.394. The number of nitrogens with zero attached hydrogens (tertiary/aromatic N) is 6. The van der Waals surface area contributed by atoms with Gasteiger partial charge in [-0.15, -0.1) is 10.2 Å². The summed E-state index contributed by atoms with van der Waals surface area (Å²) in [4.78, 5) is 4.15. The van der Waals surface area contributed by atoms with E-state index in [9.17, 15) is 0 Å². The molecule has 108 valence electrons. The predicted molar refractivity (Wildman–Crippen MR) is 75.9 cm³/mol. The Morgan fingerprint density at radius 3 is 2.77 bits per heavy atom. The smallest absolute Gasteiger partial charge is 0.223 e. The van der Waals surface area contributed by atoms with Crippen molar-refractivity contribution in [1.82, 2.24) is 30.8 Å². The fourth-order valence-corrected chi connectivity index (χ4v) is 1.71. The van der Waals surface area contributed by atoms with Crippen LogP contribution in [0.4, 0.5) is 5.69 Å². The Labute approximate surface area is 124 Å². The summed E-state index contributed by atoms with van der Waals surface area (Å²) < 4.78 is 4.94. The molecule has 0 spiro atoms. The van der Waals surface area contributed by atoms with E-state index in [2.05, 4.69) is 36.1 Å². The number of aromatic amines is 1. The quantitative estimate of drug-likeness (QED) is 0.693. The molecule has 3 rings (SSSR count). The molecule has 0 unspecified atom stereocenters. The van der Waals surface area contributed by atoms with Crippen LogP contribution in [0.5, 0.6) is 0 Å². The van der Waals surface area contributed by atoms with Crippen molar-refractivity contribution in [3.05, 3.63) is 42.2 Å². The van der Waals surface area contributed by atoms with E-state index in [1.54, 1.807) is 6.92 Å². The topological polar surface area (TPSA) is 129 Å². The summed E-state index contributed by atoms with van der Waals surface area (Å²) in [5.74, 6) is 1.27. The molecular formula is C13H10N8O. The number of rotatable bonds is 4. The number of hydrogen-bond donors (Lipinski definition) is 2. The molecule has 9 nitrogen and oxygen atoms in total. The summed E-state index contributed by atoms with van der Waals surface area (Å²) in [6, 6.07) is 9.36. The second-order valence-electron chi connectivity index (χ2n) is 4.26. The van der Waals surface area contributed by atoms with E-state index in [1.807, 2.05) is 30.3 Å². The molecule has 9 heteroatoms. The second kappa shape index (κ2) is 5.84. The Morgan fingerprint density at radius 2 is 2.18 bits per heavy atom. The van der Waals surface area contributed by atoms with Gasteiger partial charge in [-0.1, -0.05) is 5.16 Å². The molecule has 3 aromatic rings. The van der Waals surface area contributed by atoms with E-state index in [-0.39, 0.29) is 11.4 Å². The van der Waals surface area contributed by atoms with Crippen molar-refractivity contribution in [3.8, 4) is 17.5 Å². The van der Waals surface area contributed by atoms with Gasteiger partial charge in [0.15, 0.2) is 0 Å². The van der Waals surface area contributed by atoms with Crippen LogP contribution in [-0.4, -0.2) is 30.8 Å². The molecule has 0 saturated carbocycles. The first-order valence-electron chi connectivity index (χ1n) is 6.27. The normalized spacial score (nSPS) is 11.2. The molecule has 22 heavy (non-hydrogen) atoms. The van der Waals surface area contributed by atoms with Gasteiger partial charge in [-0.25, -0.2) is 0 Å². The molecule has 0 fully saturated rings. The van der Waals surface area contributed by atoms with Crippen molar-refractivity contribution in [3.63, 3.8) is 0 Å². The van der Waals surface area contributed by atoms with Crippen LogP contribution in [-0.2, 0) is 0 Å². The third kappa shape index (κ3) is 2.80. The Morgan fingerprint density at radius 1 is 1.36 bits per heavy atom. The Hall–Kier alpha value is -3.54. The molecule has 0 saturated heterocycles. The summed E-state index contributed by atoms with van der Waals surface area (Å²) in [7, 11) is 0. The number of aromatic nitrogens is 6. The monoisotopic (exact) mass is 294 g/mol. The molecule has 0 aliphatic heterocycles. The Bertz CT molecular complexity index is 826. The van der Waals surface area contributed by atoms with Crippen LogP contribution in [0.2, 0.25) is 0 Å². The third-order valence-electron chi connectivity index (χ3n) is 2.76. The summed E-state index contributed by atoms with van der Waals surface area (Å²) in [6.45, 7) is 1.73. The molecule has 0 aliphatic carbocycles. The zero-order chi connectivity index (χ0) is 15.4. The van der Waals surface area contributed by atoms with Crippen molar-refractivity contribution < 1.29 is 4.52 Å². The van der Waals surface area contributed by atoms with Gasteiger partial charge in [0.25, 0.3) is 0 Å². The molecule has 0 radical (unpaired) electrons. The van der Waals surface area contributed by atoms with E-state index in [1.165, 1.54) is 6.20 Å². The lowest BCUT2D eigenvalue weighted by atomic mass is 10.2. The third-order valence-corrected chi connectivity index (χ3v) is 2.76. The second-order valence-corrected chi connectivity index (χ2v) is 4.26. The van der Waals surface area contributed by atoms with Crippen molar-refractivity contribution in [2.75, 3.05) is 5.32 Å². The summed E-state index contributed by atoms with van der Waals surface area (Å²) in [5, 5.41) is 29.1. The predicted octanol–water partition coefficient (Wildman–Crippen LogP) is 1.53. The molecule has 2 aromatic heterocycles. The largest absolute Gasteiger partial charge is 0.360 e. The lowest BCUT2D eigenvalue weighted by Crippen LogP contribution is -1.93. The SMILES string of the molecule is Cc1nc(-c2ccc(NC=C(C#N)c3nn[nH]n3)cc2)no1. The number of benzene rings is 1. The van der Waals surface area contributed by atoms with Gasteiger partial charge in [0.1, 0.15) is 11.6 Å². The fourth-order valence-electron chi connectivity index (χ4n) is 1.71. The van der Waals surface area contributed by atoms with Crippen molar-refractivity contribution in [2.24, 2.45) is 0 Å². The number of hydrogen-bond acceptors (Lipinski definition) is 8. The molecular weight excluding hydrogens is 284 g/mol. The minimum absolute atomic E-state index is 0.230. The van der Waals surface area contributed by atoms with Gasteiger partial charge in [0.2, 0.25) is 17.5 Å². The van der Waals surface area contributed by atoms with Crippen molar-refractivity contribution in [2.45, 2.75) is 6.92 Å². The van der Waals surface area contributed by atoms with Crippen LogP contribution in [0.1, 0.15) is 11.7 Å². The van der Waals surface area contributed by atoms with Crippen molar-refractivity contribution in [1.29, 1.82) is 5.26 Å². The lowest BCUT2D eigenvalue weighted by Gasteiger charge is -2.01. The van der Waals surface area contributed by atoms with Crippen LogP contribution in [0.15, 0.2) is 35.0 Å². The number of anilines is 1. The standard InChI is InChI=1S/C13H10N8O/c1-8-16-12(19-22-8)9-2-4-11(5-3-9)15-7-10(6-14)13-17-20-21-18-13/h2-5,7,15H,1H3,(H,17,18,20,21). The highest BCUT2D eigenvalue weighted by Gasteiger charge is 2.06. The van der Waals surface area contributed by atoms with E-state index < -0.39 is 0 Å². The van der Waals surface area contributed by atoms with Gasteiger partial charge in [-0.3, -0.25) is 0 Å². The first-order valence-corrected chi connectivity index (χ1v) is 6.27. The van der Waals surface area contributed by atoms with Crippen LogP contribution in [0, 0.1) is 18.3 Å². The maximum absolute atomic E-state index is 9.06. The van der Waals surface area contributed by atoms with Gasteiger partial charge in [-0.05, 0) is 29.5 Å². The fraction of sp³-hybridized carbons (Fsp3) is 0.0769. The number of H-pyrrole nitrogens is 1. The van der Waals surface area contributed by atoms with Crippen LogP contribution in [0.3, 0.4) is 0 Å². The summed E-state index contributed by atoms with van der Waals surface area (Å²) in [5.41, 5.74) is 1.90. The van der Waals surface area contributed by atoms with Crippen LogP contribution >= 0.6 is 0 Å². The highest BCUT2D eigenvalue weighted by atomic mass is 16.5. The Kier molecular flexibility index (Phi) is 3.57. The zero-order valence-electron chi connectivity index (χ0n) is 11.5. The van der Waals surface area contributed by atoms with E-state index in [0.717, 1.165) is 11.3 Å². The van der Waals surface area contributed by atoms with E-state index in [0.29, 0.717) is 11.7 Å². The minimum Gasteiger partial charge on any atom is -0.360 e. The number of aryl methyl sites for hydroxylation is 1. The average molecular weight is 294 g/mol. The van der Waals surface area contributed by atoms with Crippen LogP contribution in [0.25, 0.3) is 17.0 Å². The molecule has 2 N–H and O–H groups in total. The molecule has 0 bridgehead atoms. The van der Waals surface area contributed by atoms with Gasteiger partial charge in [-0.2, -0.15) is 15.5 Å². The molecule has 1 aromatic carbocycles. The van der Waals surface area contributed by atoms with Gasteiger partial charge in [0, 0.05) is 24.4 Å². The zero-order valence-corrected chi connectivity index (χ0v) is 11.5. The number of tetrazole rings is 1. The maximum atomic E-state index is 9.06. The highest BCUT2D eigenvalue weighted by molar-refractivity contribution is 5.74. The van der Waals surface area contributed by atoms with Crippen molar-refractivity contribution >= 4 is 11.3 Å². The summed E-state index contributed by atoms with van der Waals surface area (Å²) in [6.07, 6.45) is 1.51. The molecule has 2 heterocycles. The average Bonchev–Trinajstić information content (AvgIpc) is 3.20. The van der Waals surface area contributed by atoms with E-state index in [4.69, 9.17) is 9.78 Å². The Balaban J connectivity index is 1.75. The maximum Gasteiger partial charge on any atom is 0.223 e. The first kappa shape index (κ1) is 13.4. The van der Waals surface area contributed by atoms with Gasteiger partial charge >= 0.3 is 0 Å². The number of nitriles is 1. The molecule has 0 atom stereocenters. The highest BCUT2D eigenvalue weighted by Crippen LogP contribution is 2.19. The van der Waals surface area contributed by atoms with E-state index >= 15 is 0 Å². The molecule has 0 amide bonds. The molecule has 0 aliphatic rings. The number of allylic oxidation sites excluding steroid dienone is 1. The minimum atomic E-state index is 0.230.